The average molecular weight is 361 g/mol. The van der Waals surface area contributed by atoms with Gasteiger partial charge in [-0.25, -0.2) is 0 Å². The number of aryl methyl sites for hydroxylation is 1. The van der Waals surface area contributed by atoms with Crippen LogP contribution in [0.25, 0.3) is 10.9 Å². The largest absolute Gasteiger partial charge is 0.351 e. The van der Waals surface area contributed by atoms with Gasteiger partial charge in [0.05, 0.1) is 0 Å². The molecular weight excluding hydrogens is 332 g/mol. The van der Waals surface area contributed by atoms with E-state index in [0.717, 1.165) is 19.0 Å². The van der Waals surface area contributed by atoms with Gasteiger partial charge in [0, 0.05) is 69.9 Å². The third kappa shape index (κ3) is 3.52. The predicted octanol–water partition coefficient (Wildman–Crippen LogP) is 3.67. The summed E-state index contributed by atoms with van der Waals surface area (Å²) in [6, 6.07) is 14.1. The number of nitrogens with zero attached hydrogens (tertiary/aromatic N) is 4. The van der Waals surface area contributed by atoms with Crippen molar-refractivity contribution in [2.24, 2.45) is 13.0 Å². The third-order valence-corrected chi connectivity index (χ3v) is 6.37. The lowest BCUT2D eigenvalue weighted by Gasteiger charge is -2.36. The Hall–Kier alpha value is -2.17. The third-order valence-electron chi connectivity index (χ3n) is 6.37. The molecule has 3 aliphatic rings. The minimum absolute atomic E-state index is 0.671. The van der Waals surface area contributed by atoms with Crippen LogP contribution in [-0.2, 0) is 20.1 Å². The van der Waals surface area contributed by atoms with Gasteiger partial charge in [-0.1, -0.05) is 18.2 Å². The van der Waals surface area contributed by atoms with Crippen molar-refractivity contribution in [3.63, 3.8) is 0 Å². The molecule has 1 aromatic carbocycles. The Bertz CT molecular complexity index is 917. The molecule has 3 saturated heterocycles. The van der Waals surface area contributed by atoms with Gasteiger partial charge in [-0.15, -0.1) is 0 Å². The monoisotopic (exact) mass is 360 g/mol. The number of hydrogen-bond acceptors (Lipinski definition) is 3. The van der Waals surface area contributed by atoms with Crippen LogP contribution in [-0.4, -0.2) is 45.0 Å². The average Bonchev–Trinajstić information content (AvgIpc) is 2.85. The molecule has 140 valence electrons. The fraction of sp³-hybridized carbons (Fsp3) is 0.435. The van der Waals surface area contributed by atoms with Gasteiger partial charge in [0.25, 0.3) is 0 Å². The topological polar surface area (TPSA) is 24.3 Å². The van der Waals surface area contributed by atoms with Crippen LogP contribution in [0.1, 0.15) is 24.0 Å². The summed E-state index contributed by atoms with van der Waals surface area (Å²) < 4.78 is 2.23. The maximum absolute atomic E-state index is 4.29. The highest BCUT2D eigenvalue weighted by atomic mass is 15.3. The molecule has 5 heterocycles. The molecule has 0 saturated carbocycles. The Balaban J connectivity index is 1.31. The molecule has 2 bridgehead atoms. The van der Waals surface area contributed by atoms with E-state index in [-0.39, 0.29) is 0 Å². The SMILES string of the molecule is Cn1ccc2ccc(CN3C[C@H]4CC[C@@H]3CN(Cc3cccnc3)C4)cc21. The summed E-state index contributed by atoms with van der Waals surface area (Å²) in [6.45, 7) is 5.74. The van der Waals surface area contributed by atoms with Gasteiger partial charge in [0.2, 0.25) is 0 Å². The molecule has 6 rings (SSSR count). The van der Waals surface area contributed by atoms with Crippen LogP contribution < -0.4 is 0 Å². The van der Waals surface area contributed by atoms with Crippen LogP contribution in [0.4, 0.5) is 0 Å². The zero-order valence-electron chi connectivity index (χ0n) is 16.1. The second kappa shape index (κ2) is 7.10. The van der Waals surface area contributed by atoms with Gasteiger partial charge >= 0.3 is 0 Å². The summed E-state index contributed by atoms with van der Waals surface area (Å²) in [5.41, 5.74) is 4.11. The van der Waals surface area contributed by atoms with E-state index in [9.17, 15) is 0 Å². The molecule has 27 heavy (non-hydrogen) atoms. The Morgan fingerprint density at radius 3 is 2.85 bits per heavy atom. The van der Waals surface area contributed by atoms with Gasteiger partial charge in [0.1, 0.15) is 0 Å². The van der Waals surface area contributed by atoms with E-state index in [4.69, 9.17) is 0 Å². The van der Waals surface area contributed by atoms with Gasteiger partial charge in [0.15, 0.2) is 0 Å². The van der Waals surface area contributed by atoms with Crippen LogP contribution in [0.3, 0.4) is 0 Å². The summed E-state index contributed by atoms with van der Waals surface area (Å²) in [6.07, 6.45) is 8.74. The van der Waals surface area contributed by atoms with Gasteiger partial charge < -0.3 is 4.57 Å². The van der Waals surface area contributed by atoms with Gasteiger partial charge in [-0.3, -0.25) is 14.8 Å². The lowest BCUT2D eigenvalue weighted by atomic mass is 9.94. The number of rotatable bonds is 4. The van der Waals surface area contributed by atoms with Crippen LogP contribution in [0.5, 0.6) is 0 Å². The molecule has 0 radical (unpaired) electrons. The summed E-state index contributed by atoms with van der Waals surface area (Å²) in [5, 5.41) is 1.33. The maximum Gasteiger partial charge on any atom is 0.0480 e. The standard InChI is InChI=1S/C23H28N4/c1-25-10-8-21-6-4-18(11-23(21)25)15-27-16-20-5-7-22(27)17-26(14-20)13-19-3-2-9-24-12-19/h2-4,6,8-12,20,22H,5,7,13-17H2,1H3/t20-,22+/m0/s1. The van der Waals surface area contributed by atoms with Crippen molar-refractivity contribution < 1.29 is 0 Å². The highest BCUT2D eigenvalue weighted by molar-refractivity contribution is 5.80. The van der Waals surface area contributed by atoms with E-state index in [0.29, 0.717) is 6.04 Å². The first kappa shape index (κ1) is 17.0. The highest BCUT2D eigenvalue weighted by Crippen LogP contribution is 2.30. The number of aromatic nitrogens is 2. The zero-order chi connectivity index (χ0) is 18.2. The van der Waals surface area contributed by atoms with Crippen molar-refractivity contribution in [2.75, 3.05) is 19.6 Å². The first-order valence-corrected chi connectivity index (χ1v) is 10.1. The lowest BCUT2D eigenvalue weighted by Crippen LogP contribution is -2.43. The quantitative estimate of drug-likeness (QED) is 0.709. The first-order valence-electron chi connectivity index (χ1n) is 10.1. The number of fused-ring (bicyclic) bond motifs is 5. The second-order valence-corrected chi connectivity index (χ2v) is 8.40. The number of benzene rings is 1. The molecule has 2 atom stereocenters. The molecule has 4 heteroatoms. The number of pyridine rings is 1. The van der Waals surface area contributed by atoms with E-state index >= 15 is 0 Å². The summed E-state index contributed by atoms with van der Waals surface area (Å²) in [4.78, 5) is 9.68. The molecular formula is C23H28N4. The molecule has 0 unspecified atom stereocenters. The normalized spacial score (nSPS) is 23.7. The Morgan fingerprint density at radius 1 is 1.00 bits per heavy atom. The van der Waals surface area contributed by atoms with Gasteiger partial charge in [-0.2, -0.15) is 0 Å². The van der Waals surface area contributed by atoms with Crippen LogP contribution in [0, 0.1) is 5.92 Å². The molecule has 3 aromatic rings. The fourth-order valence-electron chi connectivity index (χ4n) is 4.99. The smallest absolute Gasteiger partial charge is 0.0480 e. The van der Waals surface area contributed by atoms with Crippen molar-refractivity contribution in [3.8, 4) is 0 Å². The first-order chi connectivity index (χ1) is 13.2. The molecule has 3 aliphatic heterocycles. The Kier molecular flexibility index (Phi) is 4.46. The van der Waals surface area contributed by atoms with E-state index in [1.807, 2.05) is 18.5 Å². The van der Waals surface area contributed by atoms with Crippen LogP contribution >= 0.6 is 0 Å². The molecule has 0 spiro atoms. The van der Waals surface area contributed by atoms with Crippen LogP contribution in [0.2, 0.25) is 0 Å². The molecule has 2 aromatic heterocycles. The lowest BCUT2D eigenvalue weighted by molar-refractivity contribution is 0.123. The molecule has 4 nitrogen and oxygen atoms in total. The fourth-order valence-corrected chi connectivity index (χ4v) is 4.99. The van der Waals surface area contributed by atoms with E-state index < -0.39 is 0 Å². The van der Waals surface area contributed by atoms with Crippen molar-refractivity contribution in [1.29, 1.82) is 0 Å². The van der Waals surface area contributed by atoms with Crippen molar-refractivity contribution in [1.82, 2.24) is 19.4 Å². The van der Waals surface area contributed by atoms with Crippen molar-refractivity contribution in [3.05, 3.63) is 66.1 Å². The summed E-state index contributed by atoms with van der Waals surface area (Å²) in [5.74, 6) is 0.791. The van der Waals surface area contributed by atoms with E-state index in [1.54, 1.807) is 0 Å². The molecule has 3 fully saturated rings. The van der Waals surface area contributed by atoms with E-state index in [2.05, 4.69) is 62.9 Å². The minimum atomic E-state index is 0.671. The zero-order valence-corrected chi connectivity index (χ0v) is 16.1. The predicted molar refractivity (Wildman–Crippen MR) is 109 cm³/mol. The minimum Gasteiger partial charge on any atom is -0.351 e. The van der Waals surface area contributed by atoms with Crippen LogP contribution in [0.15, 0.2) is 55.0 Å². The number of piperidine rings is 1. The van der Waals surface area contributed by atoms with E-state index in [1.165, 1.54) is 54.5 Å². The van der Waals surface area contributed by atoms with Crippen molar-refractivity contribution in [2.45, 2.75) is 32.0 Å². The Morgan fingerprint density at radius 2 is 1.96 bits per heavy atom. The molecule has 0 aliphatic carbocycles. The second-order valence-electron chi connectivity index (χ2n) is 8.40. The molecule has 0 amide bonds. The summed E-state index contributed by atoms with van der Waals surface area (Å²) in [7, 11) is 2.14. The Labute approximate surface area is 161 Å². The summed E-state index contributed by atoms with van der Waals surface area (Å²) >= 11 is 0. The van der Waals surface area contributed by atoms with Gasteiger partial charge in [-0.05, 0) is 53.5 Å². The van der Waals surface area contributed by atoms with Crippen molar-refractivity contribution >= 4 is 10.9 Å². The highest BCUT2D eigenvalue weighted by Gasteiger charge is 2.34. The molecule has 0 N–H and O–H groups in total. The number of hydrogen-bond donors (Lipinski definition) is 0. The maximum atomic E-state index is 4.29.